The van der Waals surface area contributed by atoms with Crippen molar-refractivity contribution in [2.45, 2.75) is 30.7 Å². The molecule has 7 nitrogen and oxygen atoms in total. The molecular weight excluding hydrogens is 518 g/mol. The number of rotatable bonds is 9. The molecular formula is C34H29NO6. The molecule has 2 aliphatic rings. The van der Waals surface area contributed by atoms with Crippen molar-refractivity contribution in [3.8, 4) is 22.3 Å². The molecule has 4 aromatic carbocycles. The zero-order valence-corrected chi connectivity index (χ0v) is 22.3. The number of benzene rings is 4. The number of ether oxygens (including phenoxy) is 2. The first kappa shape index (κ1) is 26.3. The highest BCUT2D eigenvalue weighted by Gasteiger charge is 2.32. The quantitative estimate of drug-likeness (QED) is 0.245. The lowest BCUT2D eigenvalue weighted by atomic mass is 9.98. The molecule has 4 aromatic rings. The van der Waals surface area contributed by atoms with E-state index in [1.807, 2.05) is 97.1 Å². The minimum Gasteiger partial charge on any atom is -0.481 e. The first-order valence-electron chi connectivity index (χ1n) is 13.7. The van der Waals surface area contributed by atoms with Gasteiger partial charge in [0.05, 0.1) is 0 Å². The van der Waals surface area contributed by atoms with Crippen molar-refractivity contribution in [1.29, 1.82) is 0 Å². The summed E-state index contributed by atoms with van der Waals surface area (Å²) >= 11 is 0. The Hall–Kier alpha value is -4.91. The smallest absolute Gasteiger partial charge is 0.407 e. The van der Waals surface area contributed by atoms with Crippen LogP contribution in [0.15, 0.2) is 97.1 Å². The summed E-state index contributed by atoms with van der Waals surface area (Å²) in [5.74, 6) is -2.06. The van der Waals surface area contributed by atoms with Crippen LogP contribution >= 0.6 is 0 Å². The third-order valence-corrected chi connectivity index (χ3v) is 7.92. The van der Waals surface area contributed by atoms with Crippen molar-refractivity contribution in [2.24, 2.45) is 0 Å². The minimum absolute atomic E-state index is 0.0722. The molecule has 0 saturated carbocycles. The average Bonchev–Trinajstić information content (AvgIpc) is 3.49. The Morgan fingerprint density at radius 1 is 0.634 bits per heavy atom. The molecule has 2 N–H and O–H groups in total. The number of fused-ring (bicyclic) bond motifs is 6. The van der Waals surface area contributed by atoms with Gasteiger partial charge in [-0.05, 0) is 50.9 Å². The van der Waals surface area contributed by atoms with Gasteiger partial charge in [-0.3, -0.25) is 4.79 Å². The van der Waals surface area contributed by atoms with Gasteiger partial charge in [0, 0.05) is 18.3 Å². The molecule has 0 heterocycles. The summed E-state index contributed by atoms with van der Waals surface area (Å²) in [5, 5.41) is 11.8. The predicted octanol–water partition coefficient (Wildman–Crippen LogP) is 6.11. The molecule has 7 heteroatoms. The third kappa shape index (κ3) is 5.18. The van der Waals surface area contributed by atoms with Gasteiger partial charge in [0.2, 0.25) is 0 Å². The Balaban J connectivity index is 1.12. The monoisotopic (exact) mass is 547 g/mol. The molecule has 1 atom stereocenters. The van der Waals surface area contributed by atoms with E-state index < -0.39 is 24.1 Å². The van der Waals surface area contributed by atoms with E-state index in [2.05, 4.69) is 5.32 Å². The lowest BCUT2D eigenvalue weighted by Crippen LogP contribution is -2.43. The van der Waals surface area contributed by atoms with Crippen molar-refractivity contribution in [3.63, 3.8) is 0 Å². The standard InChI is InChI=1S/C34H29NO6/c36-32(37)18-17-31(33(38)40-19-29-25-13-5-1-9-21(25)22-10-2-6-14-26(22)29)35-34(39)41-20-30-27-15-7-3-11-23(27)24-12-4-8-16-28(24)30/h1-16,29-31H,17-20H2,(H,35,39)(H,36,37)/t31-/m1/s1. The SMILES string of the molecule is O=C(O)CC[C@@H](NC(=O)OCC1c2ccccc2-c2ccccc21)C(=O)OCC1c2ccccc2-c2ccccc21. The lowest BCUT2D eigenvalue weighted by molar-refractivity contribution is -0.147. The van der Waals surface area contributed by atoms with Crippen LogP contribution in [0.25, 0.3) is 22.3 Å². The van der Waals surface area contributed by atoms with Gasteiger partial charge in [0.1, 0.15) is 19.3 Å². The largest absolute Gasteiger partial charge is 0.481 e. The number of alkyl carbamates (subject to hydrolysis) is 1. The Bertz CT molecular complexity index is 1540. The third-order valence-electron chi connectivity index (χ3n) is 7.92. The van der Waals surface area contributed by atoms with E-state index >= 15 is 0 Å². The first-order valence-corrected chi connectivity index (χ1v) is 13.7. The highest BCUT2D eigenvalue weighted by atomic mass is 16.6. The van der Waals surface area contributed by atoms with Crippen LogP contribution in [0.4, 0.5) is 4.79 Å². The molecule has 0 spiro atoms. The molecule has 2 aliphatic carbocycles. The highest BCUT2D eigenvalue weighted by Crippen LogP contribution is 2.45. The van der Waals surface area contributed by atoms with Crippen molar-refractivity contribution in [1.82, 2.24) is 5.32 Å². The van der Waals surface area contributed by atoms with Gasteiger partial charge in [-0.2, -0.15) is 0 Å². The fourth-order valence-corrected chi connectivity index (χ4v) is 6.00. The maximum Gasteiger partial charge on any atom is 0.407 e. The van der Waals surface area contributed by atoms with E-state index in [-0.39, 0.29) is 37.9 Å². The number of nitrogens with one attached hydrogen (secondary N) is 1. The molecule has 0 radical (unpaired) electrons. The van der Waals surface area contributed by atoms with E-state index in [1.54, 1.807) is 0 Å². The summed E-state index contributed by atoms with van der Waals surface area (Å²) in [6, 6.07) is 30.8. The van der Waals surface area contributed by atoms with Crippen LogP contribution in [0.2, 0.25) is 0 Å². The second-order valence-corrected chi connectivity index (χ2v) is 10.3. The van der Waals surface area contributed by atoms with Crippen LogP contribution in [0.1, 0.15) is 46.9 Å². The number of carboxylic acids is 1. The number of hydrogen-bond acceptors (Lipinski definition) is 5. The molecule has 0 saturated heterocycles. The van der Waals surface area contributed by atoms with Crippen molar-refractivity contribution in [2.75, 3.05) is 13.2 Å². The van der Waals surface area contributed by atoms with Crippen molar-refractivity contribution < 1.29 is 29.0 Å². The summed E-state index contributed by atoms with van der Waals surface area (Å²) in [7, 11) is 0. The Kier molecular flexibility index (Phi) is 7.25. The average molecular weight is 548 g/mol. The maximum absolute atomic E-state index is 13.2. The summed E-state index contributed by atoms with van der Waals surface area (Å²) in [6.45, 7) is 0.152. The van der Waals surface area contributed by atoms with Crippen LogP contribution < -0.4 is 5.32 Å². The molecule has 0 unspecified atom stereocenters. The number of hydrogen-bond donors (Lipinski definition) is 2. The number of esters is 1. The van der Waals surface area contributed by atoms with E-state index in [9.17, 15) is 19.5 Å². The molecule has 6 rings (SSSR count). The number of carbonyl (C=O) groups is 3. The van der Waals surface area contributed by atoms with E-state index in [0.29, 0.717) is 0 Å². The highest BCUT2D eigenvalue weighted by molar-refractivity contribution is 5.83. The van der Waals surface area contributed by atoms with Gasteiger partial charge in [-0.25, -0.2) is 9.59 Å². The Morgan fingerprint density at radius 3 is 1.44 bits per heavy atom. The summed E-state index contributed by atoms with van der Waals surface area (Å²) in [4.78, 5) is 37.3. The molecule has 0 aliphatic heterocycles. The van der Waals surface area contributed by atoms with Crippen molar-refractivity contribution in [3.05, 3.63) is 119 Å². The summed E-state index contributed by atoms with van der Waals surface area (Å²) < 4.78 is 11.3. The zero-order chi connectivity index (χ0) is 28.3. The van der Waals surface area contributed by atoms with Crippen LogP contribution in [-0.2, 0) is 19.1 Å². The number of amides is 1. The second-order valence-electron chi connectivity index (χ2n) is 10.3. The van der Waals surface area contributed by atoms with Gasteiger partial charge in [0.25, 0.3) is 0 Å². The number of carbonyl (C=O) groups excluding carboxylic acids is 2. The van der Waals surface area contributed by atoms with Gasteiger partial charge in [-0.1, -0.05) is 97.1 Å². The van der Waals surface area contributed by atoms with E-state index in [0.717, 1.165) is 44.5 Å². The van der Waals surface area contributed by atoms with E-state index in [1.165, 1.54) is 0 Å². The molecule has 0 aromatic heterocycles. The number of aliphatic carboxylic acids is 1. The fourth-order valence-electron chi connectivity index (χ4n) is 6.00. The fraction of sp³-hybridized carbons (Fsp3) is 0.206. The molecule has 41 heavy (non-hydrogen) atoms. The van der Waals surface area contributed by atoms with Gasteiger partial charge in [0.15, 0.2) is 0 Å². The van der Waals surface area contributed by atoms with Crippen LogP contribution in [0.5, 0.6) is 0 Å². The van der Waals surface area contributed by atoms with Gasteiger partial charge in [-0.15, -0.1) is 0 Å². The molecule has 0 bridgehead atoms. The number of carboxylic acid groups (broad SMARTS) is 1. The normalized spacial score (nSPS) is 13.9. The summed E-state index contributed by atoms with van der Waals surface area (Å²) in [6.07, 6.45) is -1.22. The molecule has 206 valence electrons. The zero-order valence-electron chi connectivity index (χ0n) is 22.3. The van der Waals surface area contributed by atoms with E-state index in [4.69, 9.17) is 9.47 Å². The molecule has 1 amide bonds. The van der Waals surface area contributed by atoms with Crippen LogP contribution in [0, 0.1) is 0 Å². The van der Waals surface area contributed by atoms with Crippen molar-refractivity contribution >= 4 is 18.0 Å². The van der Waals surface area contributed by atoms with Crippen LogP contribution in [-0.4, -0.2) is 42.4 Å². The maximum atomic E-state index is 13.2. The topological polar surface area (TPSA) is 102 Å². The summed E-state index contributed by atoms with van der Waals surface area (Å²) in [5.41, 5.74) is 8.68. The predicted molar refractivity (Wildman–Crippen MR) is 154 cm³/mol. The second kappa shape index (κ2) is 11.3. The molecule has 0 fully saturated rings. The first-order chi connectivity index (χ1) is 20.0. The lowest BCUT2D eigenvalue weighted by Gasteiger charge is -2.20. The Morgan fingerprint density at radius 2 is 1.02 bits per heavy atom. The van der Waals surface area contributed by atoms with Gasteiger partial charge < -0.3 is 19.9 Å². The minimum atomic E-state index is -1.16. The van der Waals surface area contributed by atoms with Crippen LogP contribution in [0.3, 0.4) is 0 Å². The van der Waals surface area contributed by atoms with Gasteiger partial charge >= 0.3 is 18.0 Å². The Labute approximate surface area is 237 Å².